The van der Waals surface area contributed by atoms with Crippen LogP contribution in [0.2, 0.25) is 0 Å². The third-order valence-electron chi connectivity index (χ3n) is 5.16. The van der Waals surface area contributed by atoms with E-state index >= 15 is 0 Å². The number of fused-ring (bicyclic) bond motifs is 1. The maximum atomic E-state index is 13.4. The van der Waals surface area contributed by atoms with Crippen molar-refractivity contribution in [2.45, 2.75) is 59.4 Å². The second-order valence-electron chi connectivity index (χ2n) is 8.18. The Bertz CT molecular complexity index is 1100. The average Bonchev–Trinajstić information content (AvgIpc) is 2.96. The number of aromatic nitrogens is 2. The van der Waals surface area contributed by atoms with Gasteiger partial charge in [-0.3, -0.25) is 14.2 Å². The molecule has 2 heterocycles. The molecule has 0 aliphatic carbocycles. The molecule has 0 bridgehead atoms. The van der Waals surface area contributed by atoms with Crippen LogP contribution in [0.25, 0.3) is 21.3 Å². The van der Waals surface area contributed by atoms with Gasteiger partial charge in [-0.15, -0.1) is 11.3 Å². The summed E-state index contributed by atoms with van der Waals surface area (Å²) in [6.45, 7) is 12.1. The summed E-state index contributed by atoms with van der Waals surface area (Å²) in [5, 5.41) is 0.566. The van der Waals surface area contributed by atoms with E-state index in [-0.39, 0.29) is 11.0 Å². The van der Waals surface area contributed by atoms with Crippen LogP contribution in [0.1, 0.15) is 56.9 Å². The number of carbonyl (C=O) groups is 1. The van der Waals surface area contributed by atoms with E-state index in [1.807, 2.05) is 13.8 Å². The number of primary amides is 1. The molecule has 0 spiro atoms. The van der Waals surface area contributed by atoms with Crippen molar-refractivity contribution >= 4 is 27.5 Å². The van der Waals surface area contributed by atoms with Crippen LogP contribution in [0, 0.1) is 6.92 Å². The van der Waals surface area contributed by atoms with E-state index in [0.29, 0.717) is 22.5 Å². The Morgan fingerprint density at radius 2 is 1.86 bits per heavy atom. The number of carbonyl (C=O) groups excluding carboxylic acids is 1. The van der Waals surface area contributed by atoms with E-state index in [4.69, 9.17) is 10.7 Å². The van der Waals surface area contributed by atoms with Crippen molar-refractivity contribution in [3.63, 3.8) is 0 Å². The first-order valence-electron chi connectivity index (χ1n) is 9.51. The Morgan fingerprint density at radius 1 is 1.25 bits per heavy atom. The van der Waals surface area contributed by atoms with Crippen LogP contribution in [-0.2, 0) is 16.6 Å². The van der Waals surface area contributed by atoms with Gasteiger partial charge in [0.1, 0.15) is 16.7 Å². The topological polar surface area (TPSA) is 78.0 Å². The van der Waals surface area contributed by atoms with Crippen LogP contribution in [0.4, 0.5) is 0 Å². The van der Waals surface area contributed by atoms with Crippen molar-refractivity contribution in [1.29, 1.82) is 0 Å². The molecule has 148 valence electrons. The maximum Gasteiger partial charge on any atom is 0.263 e. The number of rotatable bonds is 4. The molecule has 2 aromatic heterocycles. The van der Waals surface area contributed by atoms with Gasteiger partial charge in [-0.05, 0) is 30.4 Å². The monoisotopic (exact) mass is 397 g/mol. The highest BCUT2D eigenvalue weighted by Gasteiger charge is 2.23. The van der Waals surface area contributed by atoms with Crippen molar-refractivity contribution in [3.05, 3.63) is 50.9 Å². The predicted octanol–water partition coefficient (Wildman–Crippen LogP) is 4.34. The van der Waals surface area contributed by atoms with E-state index in [1.54, 1.807) is 6.92 Å². The van der Waals surface area contributed by atoms with Crippen molar-refractivity contribution < 1.29 is 4.79 Å². The van der Waals surface area contributed by atoms with Crippen molar-refractivity contribution in [2.75, 3.05) is 0 Å². The maximum absolute atomic E-state index is 13.4. The third-order valence-corrected chi connectivity index (χ3v) is 6.16. The molecule has 0 aliphatic rings. The van der Waals surface area contributed by atoms with Crippen LogP contribution in [0.5, 0.6) is 0 Å². The zero-order valence-corrected chi connectivity index (χ0v) is 18.1. The SMILES string of the molecule is CCc1nc2sc(C)c(-c3ccc(C(C)(C)C)cc3)c2c(=O)n1C(C)C(N)=O. The van der Waals surface area contributed by atoms with Crippen LogP contribution < -0.4 is 11.3 Å². The molecule has 3 rings (SSSR count). The van der Waals surface area contributed by atoms with Gasteiger partial charge in [0, 0.05) is 16.9 Å². The van der Waals surface area contributed by atoms with Crippen LogP contribution in [-0.4, -0.2) is 15.5 Å². The summed E-state index contributed by atoms with van der Waals surface area (Å²) in [7, 11) is 0. The van der Waals surface area contributed by atoms with Gasteiger partial charge in [-0.25, -0.2) is 4.98 Å². The van der Waals surface area contributed by atoms with Gasteiger partial charge in [0.25, 0.3) is 5.56 Å². The Labute approximate surface area is 169 Å². The molecule has 1 amide bonds. The fourth-order valence-electron chi connectivity index (χ4n) is 3.48. The van der Waals surface area contributed by atoms with Gasteiger partial charge in [0.2, 0.25) is 5.91 Å². The molecule has 6 heteroatoms. The molecule has 5 nitrogen and oxygen atoms in total. The summed E-state index contributed by atoms with van der Waals surface area (Å²) in [4.78, 5) is 31.6. The molecule has 0 aliphatic heterocycles. The fraction of sp³-hybridized carbons (Fsp3) is 0.409. The number of nitrogens with two attached hydrogens (primary N) is 1. The van der Waals surface area contributed by atoms with Gasteiger partial charge >= 0.3 is 0 Å². The first-order valence-corrected chi connectivity index (χ1v) is 10.3. The van der Waals surface area contributed by atoms with Gasteiger partial charge in [0.15, 0.2) is 0 Å². The van der Waals surface area contributed by atoms with Gasteiger partial charge in [0.05, 0.1) is 5.39 Å². The lowest BCUT2D eigenvalue weighted by Crippen LogP contribution is -2.34. The number of thiophene rings is 1. The fourth-order valence-corrected chi connectivity index (χ4v) is 4.53. The Balaban J connectivity index is 2.30. The number of amides is 1. The second kappa shape index (κ2) is 7.17. The van der Waals surface area contributed by atoms with E-state index in [2.05, 4.69) is 45.0 Å². The van der Waals surface area contributed by atoms with Gasteiger partial charge in [-0.1, -0.05) is 52.0 Å². The number of nitrogens with zero attached hydrogens (tertiary/aromatic N) is 2. The first-order chi connectivity index (χ1) is 13.1. The van der Waals surface area contributed by atoms with E-state index in [9.17, 15) is 9.59 Å². The minimum Gasteiger partial charge on any atom is -0.368 e. The van der Waals surface area contributed by atoms with Gasteiger partial charge < -0.3 is 5.73 Å². The molecule has 1 unspecified atom stereocenters. The molecule has 0 fully saturated rings. The molecule has 1 atom stereocenters. The van der Waals surface area contributed by atoms with Crippen LogP contribution in [0.15, 0.2) is 29.1 Å². The summed E-state index contributed by atoms with van der Waals surface area (Å²) in [5.74, 6) is 0.0423. The Morgan fingerprint density at radius 3 is 2.36 bits per heavy atom. The van der Waals surface area contributed by atoms with Crippen molar-refractivity contribution in [1.82, 2.24) is 9.55 Å². The summed E-state index contributed by atoms with van der Waals surface area (Å²) in [6.07, 6.45) is 0.551. The van der Waals surface area contributed by atoms with E-state index in [1.165, 1.54) is 21.5 Å². The molecule has 1 aromatic carbocycles. The van der Waals surface area contributed by atoms with Crippen molar-refractivity contribution in [3.8, 4) is 11.1 Å². The summed E-state index contributed by atoms with van der Waals surface area (Å²) in [6, 6.07) is 7.59. The number of aryl methyl sites for hydroxylation is 2. The van der Waals surface area contributed by atoms with Crippen molar-refractivity contribution in [2.24, 2.45) is 5.73 Å². The second-order valence-corrected chi connectivity index (χ2v) is 9.38. The lowest BCUT2D eigenvalue weighted by atomic mass is 9.86. The Hall–Kier alpha value is -2.47. The average molecular weight is 398 g/mol. The largest absolute Gasteiger partial charge is 0.368 e. The highest BCUT2D eigenvalue weighted by Crippen LogP contribution is 2.37. The van der Waals surface area contributed by atoms with Gasteiger partial charge in [-0.2, -0.15) is 0 Å². The standard InChI is InChI=1S/C22H27N3O2S/c1-7-16-24-20-18(21(27)25(16)12(2)19(23)26)17(13(3)28-20)14-8-10-15(11-9-14)22(4,5)6/h8-12H,7H2,1-6H3,(H2,23,26). The molecule has 3 aromatic rings. The lowest BCUT2D eigenvalue weighted by Gasteiger charge is -2.19. The van der Waals surface area contributed by atoms with Crippen LogP contribution in [0.3, 0.4) is 0 Å². The molecule has 0 saturated carbocycles. The molecule has 2 N–H and O–H groups in total. The van der Waals surface area contributed by atoms with E-state index < -0.39 is 11.9 Å². The first kappa shape index (κ1) is 20.3. The number of hydrogen-bond donors (Lipinski definition) is 1. The zero-order valence-electron chi connectivity index (χ0n) is 17.3. The minimum absolute atomic E-state index is 0.0610. The highest BCUT2D eigenvalue weighted by molar-refractivity contribution is 7.19. The smallest absolute Gasteiger partial charge is 0.263 e. The lowest BCUT2D eigenvalue weighted by molar-refractivity contribution is -0.120. The number of hydrogen-bond acceptors (Lipinski definition) is 4. The summed E-state index contributed by atoms with van der Waals surface area (Å²) in [5.41, 5.74) is 8.47. The molecule has 0 saturated heterocycles. The Kier molecular flexibility index (Phi) is 5.19. The highest BCUT2D eigenvalue weighted by atomic mass is 32.1. The molecular weight excluding hydrogens is 370 g/mol. The quantitative estimate of drug-likeness (QED) is 0.711. The van der Waals surface area contributed by atoms with Crippen LogP contribution >= 0.6 is 11.3 Å². The van der Waals surface area contributed by atoms with E-state index in [0.717, 1.165) is 16.0 Å². The number of benzene rings is 1. The summed E-state index contributed by atoms with van der Waals surface area (Å²) < 4.78 is 1.45. The molecule has 0 radical (unpaired) electrons. The minimum atomic E-state index is -0.740. The third kappa shape index (κ3) is 3.37. The normalized spacial score (nSPS) is 13.1. The molecular formula is C22H27N3O2S. The molecule has 28 heavy (non-hydrogen) atoms. The summed E-state index contributed by atoms with van der Waals surface area (Å²) >= 11 is 1.52. The zero-order chi connectivity index (χ0) is 20.8. The predicted molar refractivity (Wildman–Crippen MR) is 116 cm³/mol.